The van der Waals surface area contributed by atoms with Crippen LogP contribution in [0.25, 0.3) is 0 Å². The summed E-state index contributed by atoms with van der Waals surface area (Å²) in [7, 11) is 2.19. The molecule has 4 saturated carbocycles. The highest BCUT2D eigenvalue weighted by Gasteiger charge is 2.96. The van der Waals surface area contributed by atoms with Gasteiger partial charge in [-0.15, -0.1) is 0 Å². The van der Waals surface area contributed by atoms with Crippen LogP contribution in [0.2, 0.25) is 0 Å². The van der Waals surface area contributed by atoms with Crippen molar-refractivity contribution >= 4 is 0 Å². The maximum atomic E-state index is 3.62. The monoisotopic (exact) mass is 177 g/mol. The summed E-state index contributed by atoms with van der Waals surface area (Å²) in [6, 6.07) is 0.904. The van der Waals surface area contributed by atoms with Gasteiger partial charge in [0.25, 0.3) is 0 Å². The molecule has 4 rings (SSSR count). The zero-order valence-corrected chi connectivity index (χ0v) is 8.69. The number of nitrogens with one attached hydrogen (secondary N) is 1. The molecular formula is C12H19N. The van der Waals surface area contributed by atoms with Crippen LogP contribution in [0, 0.1) is 22.2 Å². The van der Waals surface area contributed by atoms with E-state index in [1.54, 1.807) is 12.8 Å². The van der Waals surface area contributed by atoms with Gasteiger partial charge in [0.15, 0.2) is 0 Å². The highest BCUT2D eigenvalue weighted by Crippen LogP contribution is 3.00. The van der Waals surface area contributed by atoms with Crippen LogP contribution in [-0.4, -0.2) is 13.1 Å². The van der Waals surface area contributed by atoms with Gasteiger partial charge in [0.05, 0.1) is 0 Å². The third-order valence-electron chi connectivity index (χ3n) is 6.10. The first-order chi connectivity index (χ1) is 6.25. The molecule has 72 valence electrons. The minimum Gasteiger partial charge on any atom is -0.316 e. The van der Waals surface area contributed by atoms with Crippen molar-refractivity contribution in [3.63, 3.8) is 0 Å². The van der Waals surface area contributed by atoms with Crippen LogP contribution in [0.4, 0.5) is 0 Å². The van der Waals surface area contributed by atoms with E-state index in [4.69, 9.17) is 0 Å². The van der Waals surface area contributed by atoms with Crippen molar-refractivity contribution in [3.05, 3.63) is 0 Å². The summed E-state index contributed by atoms with van der Waals surface area (Å²) in [5, 5.41) is 3.62. The molecule has 0 aromatic rings. The van der Waals surface area contributed by atoms with Crippen LogP contribution in [0.5, 0.6) is 0 Å². The molecule has 13 heavy (non-hydrogen) atoms. The lowest BCUT2D eigenvalue weighted by atomic mass is 9.89. The summed E-state index contributed by atoms with van der Waals surface area (Å²) in [6.45, 7) is 2.40. The van der Waals surface area contributed by atoms with Crippen LogP contribution in [-0.2, 0) is 0 Å². The van der Waals surface area contributed by atoms with E-state index < -0.39 is 0 Å². The molecule has 2 spiro atoms. The highest BCUT2D eigenvalue weighted by molar-refractivity contribution is 5.45. The Labute approximate surface area is 80.3 Å². The second-order valence-electron chi connectivity index (χ2n) is 6.13. The summed E-state index contributed by atoms with van der Waals surface area (Å²) in [5.74, 6) is 1.09. The molecule has 0 heterocycles. The van der Waals surface area contributed by atoms with Crippen molar-refractivity contribution in [2.45, 2.75) is 45.1 Å². The lowest BCUT2D eigenvalue weighted by Crippen LogP contribution is -2.36. The summed E-state index contributed by atoms with van der Waals surface area (Å²) in [4.78, 5) is 0. The van der Waals surface area contributed by atoms with E-state index in [1.165, 1.54) is 19.3 Å². The van der Waals surface area contributed by atoms with E-state index in [0.29, 0.717) is 0 Å². The normalized spacial score (nSPS) is 63.2. The Morgan fingerprint density at radius 1 is 1.31 bits per heavy atom. The molecule has 1 N–H and O–H groups in total. The fourth-order valence-corrected chi connectivity index (χ4v) is 5.28. The Kier molecular flexibility index (Phi) is 0.896. The van der Waals surface area contributed by atoms with Gasteiger partial charge < -0.3 is 5.32 Å². The van der Waals surface area contributed by atoms with E-state index in [2.05, 4.69) is 19.3 Å². The Hall–Kier alpha value is -0.0400. The largest absolute Gasteiger partial charge is 0.316 e. The predicted molar refractivity (Wildman–Crippen MR) is 52.4 cm³/mol. The van der Waals surface area contributed by atoms with Gasteiger partial charge in [-0.05, 0) is 61.3 Å². The minimum absolute atomic E-state index is 0.800. The van der Waals surface area contributed by atoms with Crippen LogP contribution >= 0.6 is 0 Å². The fraction of sp³-hybridized carbons (Fsp3) is 1.00. The van der Waals surface area contributed by atoms with Crippen molar-refractivity contribution in [1.82, 2.24) is 5.32 Å². The third-order valence-corrected chi connectivity index (χ3v) is 6.10. The van der Waals surface area contributed by atoms with Crippen molar-refractivity contribution in [3.8, 4) is 0 Å². The van der Waals surface area contributed by atoms with E-state index in [-0.39, 0.29) is 0 Å². The van der Waals surface area contributed by atoms with E-state index in [1.807, 2.05) is 0 Å². The summed E-state index contributed by atoms with van der Waals surface area (Å²) < 4.78 is 0. The molecule has 4 aliphatic rings. The van der Waals surface area contributed by atoms with Crippen LogP contribution in [0.3, 0.4) is 0 Å². The summed E-state index contributed by atoms with van der Waals surface area (Å²) in [5.41, 5.74) is 2.54. The number of fused-ring (bicyclic) bond motifs is 1. The molecule has 4 aliphatic carbocycles. The maximum Gasteiger partial charge on any atom is 0.0160 e. The molecule has 0 aliphatic heterocycles. The highest BCUT2D eigenvalue weighted by atomic mass is 15.1. The SMILES string of the molecule is CCC12CC13CC1(CC1)C(NC)C23. The van der Waals surface area contributed by atoms with Gasteiger partial charge in [0, 0.05) is 6.04 Å². The molecule has 0 aromatic heterocycles. The molecule has 0 amide bonds. The molecule has 0 radical (unpaired) electrons. The lowest BCUT2D eigenvalue weighted by molar-refractivity contribution is 0.298. The first kappa shape index (κ1) is 7.28. The number of hydrogen-bond acceptors (Lipinski definition) is 1. The third kappa shape index (κ3) is 0.495. The van der Waals surface area contributed by atoms with Gasteiger partial charge in [0.1, 0.15) is 0 Å². The zero-order chi connectivity index (χ0) is 8.90. The summed E-state index contributed by atoms with van der Waals surface area (Å²) in [6.07, 6.45) is 7.67. The molecule has 1 heteroatoms. The molecular weight excluding hydrogens is 158 g/mol. The zero-order valence-electron chi connectivity index (χ0n) is 8.69. The van der Waals surface area contributed by atoms with Gasteiger partial charge in [-0.25, -0.2) is 0 Å². The molecule has 0 aromatic carbocycles. The van der Waals surface area contributed by atoms with Gasteiger partial charge in [-0.3, -0.25) is 0 Å². The standard InChI is InChI=1S/C12H19N/c1-3-11-7-12(11)6-10(4-5-10)9(13-2)8(11)12/h8-9,13H,3-7H2,1-2H3. The van der Waals surface area contributed by atoms with Crippen molar-refractivity contribution in [2.24, 2.45) is 22.2 Å². The maximum absolute atomic E-state index is 3.62. The molecule has 1 nitrogen and oxygen atoms in total. The van der Waals surface area contributed by atoms with E-state index in [0.717, 1.165) is 28.2 Å². The Morgan fingerprint density at radius 2 is 2.08 bits per heavy atom. The van der Waals surface area contributed by atoms with Crippen LogP contribution < -0.4 is 5.32 Å². The second kappa shape index (κ2) is 1.60. The first-order valence-electron chi connectivity index (χ1n) is 5.92. The Balaban J connectivity index is 1.71. The topological polar surface area (TPSA) is 12.0 Å². The minimum atomic E-state index is 0.800. The van der Waals surface area contributed by atoms with Crippen LogP contribution in [0.1, 0.15) is 39.0 Å². The lowest BCUT2D eigenvalue weighted by Gasteiger charge is -2.24. The van der Waals surface area contributed by atoms with Crippen molar-refractivity contribution < 1.29 is 0 Å². The molecule has 4 atom stereocenters. The fourth-order valence-electron chi connectivity index (χ4n) is 5.28. The molecule has 4 unspecified atom stereocenters. The molecule has 0 bridgehead atoms. The van der Waals surface area contributed by atoms with Crippen molar-refractivity contribution in [1.29, 1.82) is 0 Å². The number of hydrogen-bond donors (Lipinski definition) is 1. The smallest absolute Gasteiger partial charge is 0.0160 e. The second-order valence-corrected chi connectivity index (χ2v) is 6.13. The average molecular weight is 177 g/mol. The number of rotatable bonds is 2. The average Bonchev–Trinajstić information content (AvgIpc) is 3.01. The van der Waals surface area contributed by atoms with Gasteiger partial charge in [-0.1, -0.05) is 6.92 Å². The predicted octanol–water partition coefficient (Wildman–Crippen LogP) is 2.17. The Morgan fingerprint density at radius 3 is 2.62 bits per heavy atom. The van der Waals surface area contributed by atoms with Crippen LogP contribution in [0.15, 0.2) is 0 Å². The van der Waals surface area contributed by atoms with E-state index in [9.17, 15) is 0 Å². The molecule has 0 saturated heterocycles. The Bertz CT molecular complexity index is 293. The van der Waals surface area contributed by atoms with Gasteiger partial charge in [-0.2, -0.15) is 0 Å². The van der Waals surface area contributed by atoms with Gasteiger partial charge >= 0.3 is 0 Å². The van der Waals surface area contributed by atoms with E-state index >= 15 is 0 Å². The quantitative estimate of drug-likeness (QED) is 0.681. The van der Waals surface area contributed by atoms with Gasteiger partial charge in [0.2, 0.25) is 0 Å². The first-order valence-corrected chi connectivity index (χ1v) is 5.92. The van der Waals surface area contributed by atoms with Crippen molar-refractivity contribution in [2.75, 3.05) is 7.05 Å². The molecule has 4 fully saturated rings. The summed E-state index contributed by atoms with van der Waals surface area (Å²) >= 11 is 0.